The number of nitrogens with zero attached hydrogens (tertiary/aromatic N) is 2. The first-order valence-corrected chi connectivity index (χ1v) is 9.79. The lowest BCUT2D eigenvalue weighted by Gasteiger charge is -2.09. The van der Waals surface area contributed by atoms with Gasteiger partial charge in [-0.05, 0) is 73.5 Å². The highest BCUT2D eigenvalue weighted by Crippen LogP contribution is 2.30. The molecule has 2 aromatic heterocycles. The Morgan fingerprint density at radius 1 is 1.00 bits per heavy atom. The minimum atomic E-state index is -0.190. The molecule has 0 spiro atoms. The highest BCUT2D eigenvalue weighted by Gasteiger charge is 2.11. The Bertz CT molecular complexity index is 1110. The molecule has 1 amide bonds. The third-order valence-corrected chi connectivity index (χ3v) is 5.04. The first-order chi connectivity index (χ1) is 13.6. The van der Waals surface area contributed by atoms with Gasteiger partial charge in [-0.2, -0.15) is 0 Å². The molecular formula is C22H19N3O2S. The Hall–Kier alpha value is -3.25. The molecule has 0 aliphatic carbocycles. The number of rotatable bonds is 5. The zero-order valence-corrected chi connectivity index (χ0v) is 16.4. The number of hydrogen-bond acceptors (Lipinski definition) is 5. The van der Waals surface area contributed by atoms with E-state index in [-0.39, 0.29) is 12.0 Å². The van der Waals surface area contributed by atoms with Gasteiger partial charge in [0.2, 0.25) is 0 Å². The van der Waals surface area contributed by atoms with Crippen LogP contribution in [0.2, 0.25) is 0 Å². The molecule has 2 aromatic carbocycles. The Kier molecular flexibility index (Phi) is 5.04. The molecule has 4 rings (SSSR count). The van der Waals surface area contributed by atoms with Gasteiger partial charge in [0.25, 0.3) is 5.91 Å². The van der Waals surface area contributed by atoms with E-state index in [9.17, 15) is 4.79 Å². The quantitative estimate of drug-likeness (QED) is 0.496. The molecule has 0 bridgehead atoms. The monoisotopic (exact) mass is 389 g/mol. The van der Waals surface area contributed by atoms with Crippen molar-refractivity contribution >= 4 is 32.6 Å². The van der Waals surface area contributed by atoms with Crippen molar-refractivity contribution in [2.45, 2.75) is 20.0 Å². The smallest absolute Gasteiger partial charge is 0.257 e. The van der Waals surface area contributed by atoms with Crippen molar-refractivity contribution in [2.24, 2.45) is 0 Å². The maximum absolute atomic E-state index is 12.5. The summed E-state index contributed by atoms with van der Waals surface area (Å²) in [5, 5.41) is 3.46. The number of fused-ring (bicyclic) bond motifs is 1. The fourth-order valence-electron chi connectivity index (χ4n) is 2.83. The lowest BCUT2D eigenvalue weighted by molar-refractivity contribution is 0.102. The van der Waals surface area contributed by atoms with Crippen molar-refractivity contribution in [1.82, 2.24) is 9.97 Å². The van der Waals surface area contributed by atoms with Crippen molar-refractivity contribution in [3.8, 4) is 16.9 Å². The maximum Gasteiger partial charge on any atom is 0.257 e. The molecule has 0 radical (unpaired) electrons. The number of benzene rings is 2. The van der Waals surface area contributed by atoms with Crippen molar-refractivity contribution in [3.63, 3.8) is 0 Å². The first-order valence-electron chi connectivity index (χ1n) is 8.97. The summed E-state index contributed by atoms with van der Waals surface area (Å²) in [6.45, 7) is 3.93. The van der Waals surface area contributed by atoms with Gasteiger partial charge >= 0.3 is 0 Å². The lowest BCUT2D eigenvalue weighted by Crippen LogP contribution is -2.11. The van der Waals surface area contributed by atoms with Gasteiger partial charge in [-0.3, -0.25) is 15.1 Å². The standard InChI is InChI=1S/C22H19N3O2S/c1-14(2)27-18-6-3-16(4-7-18)21(26)25-22-24-19-8-5-17(13-20(19)28-22)15-9-11-23-12-10-15/h3-14H,1-2H3,(H,24,25,26). The summed E-state index contributed by atoms with van der Waals surface area (Å²) in [5.41, 5.74) is 3.61. The van der Waals surface area contributed by atoms with E-state index in [1.54, 1.807) is 36.7 Å². The van der Waals surface area contributed by atoms with Gasteiger partial charge in [-0.15, -0.1) is 0 Å². The number of anilines is 1. The number of carbonyl (C=O) groups is 1. The number of ether oxygens (including phenoxy) is 1. The molecule has 0 unspecified atom stereocenters. The zero-order chi connectivity index (χ0) is 19.5. The van der Waals surface area contributed by atoms with Crippen LogP contribution in [0.4, 0.5) is 5.13 Å². The summed E-state index contributed by atoms with van der Waals surface area (Å²) >= 11 is 1.46. The van der Waals surface area contributed by atoms with Crippen molar-refractivity contribution < 1.29 is 9.53 Å². The zero-order valence-electron chi connectivity index (χ0n) is 15.5. The van der Waals surface area contributed by atoms with E-state index in [1.165, 1.54) is 11.3 Å². The SMILES string of the molecule is CC(C)Oc1ccc(C(=O)Nc2nc3ccc(-c4ccncc4)cc3s2)cc1. The second kappa shape index (κ2) is 7.78. The molecule has 2 heterocycles. The Morgan fingerprint density at radius 3 is 2.46 bits per heavy atom. The van der Waals surface area contributed by atoms with E-state index in [1.807, 2.05) is 38.1 Å². The molecule has 0 aliphatic heterocycles. The van der Waals surface area contributed by atoms with Gasteiger partial charge < -0.3 is 4.74 Å². The molecule has 0 saturated carbocycles. The summed E-state index contributed by atoms with van der Waals surface area (Å²) < 4.78 is 6.63. The van der Waals surface area contributed by atoms with Crippen LogP contribution in [0.1, 0.15) is 24.2 Å². The van der Waals surface area contributed by atoms with Gasteiger partial charge in [0.05, 0.1) is 16.3 Å². The lowest BCUT2D eigenvalue weighted by atomic mass is 10.1. The molecule has 6 heteroatoms. The number of aromatic nitrogens is 2. The number of hydrogen-bond donors (Lipinski definition) is 1. The number of carbonyl (C=O) groups excluding carboxylic acids is 1. The number of thiazole rings is 1. The Labute approximate surface area is 167 Å². The number of nitrogens with one attached hydrogen (secondary N) is 1. The van der Waals surface area contributed by atoms with Crippen LogP contribution in [0, 0.1) is 0 Å². The number of amides is 1. The first kappa shape index (κ1) is 18.1. The van der Waals surface area contributed by atoms with Crippen molar-refractivity contribution in [2.75, 3.05) is 5.32 Å². The minimum Gasteiger partial charge on any atom is -0.491 e. The predicted molar refractivity (Wildman–Crippen MR) is 113 cm³/mol. The summed E-state index contributed by atoms with van der Waals surface area (Å²) in [5.74, 6) is 0.555. The van der Waals surface area contributed by atoms with Crippen molar-refractivity contribution in [1.29, 1.82) is 0 Å². The van der Waals surface area contributed by atoms with E-state index in [0.29, 0.717) is 10.7 Å². The molecule has 0 saturated heterocycles. The van der Waals surface area contributed by atoms with Crippen LogP contribution in [-0.2, 0) is 0 Å². The van der Waals surface area contributed by atoms with Crippen LogP contribution in [0.15, 0.2) is 67.0 Å². The second-order valence-electron chi connectivity index (χ2n) is 6.58. The van der Waals surface area contributed by atoms with E-state index in [0.717, 1.165) is 27.1 Å². The van der Waals surface area contributed by atoms with Gasteiger partial charge in [0, 0.05) is 18.0 Å². The van der Waals surface area contributed by atoms with Crippen LogP contribution in [0.3, 0.4) is 0 Å². The normalized spacial score (nSPS) is 11.0. The molecular weight excluding hydrogens is 370 g/mol. The third-order valence-electron chi connectivity index (χ3n) is 4.11. The molecule has 0 aliphatic rings. The topological polar surface area (TPSA) is 64.1 Å². The Morgan fingerprint density at radius 2 is 1.75 bits per heavy atom. The molecule has 5 nitrogen and oxygen atoms in total. The average molecular weight is 389 g/mol. The number of pyridine rings is 1. The van der Waals surface area contributed by atoms with E-state index < -0.39 is 0 Å². The van der Waals surface area contributed by atoms with E-state index in [2.05, 4.69) is 21.4 Å². The predicted octanol–water partition coefficient (Wildman–Crippen LogP) is 5.40. The fraction of sp³-hybridized carbons (Fsp3) is 0.136. The highest BCUT2D eigenvalue weighted by atomic mass is 32.1. The third kappa shape index (κ3) is 4.02. The summed E-state index contributed by atoms with van der Waals surface area (Å²) in [7, 11) is 0. The minimum absolute atomic E-state index is 0.0967. The molecule has 0 fully saturated rings. The van der Waals surface area contributed by atoms with Crippen molar-refractivity contribution in [3.05, 3.63) is 72.6 Å². The van der Waals surface area contributed by atoms with Gasteiger partial charge in [0.15, 0.2) is 5.13 Å². The summed E-state index contributed by atoms with van der Waals surface area (Å²) in [4.78, 5) is 21.1. The highest BCUT2D eigenvalue weighted by molar-refractivity contribution is 7.22. The molecule has 1 N–H and O–H groups in total. The van der Waals surface area contributed by atoms with Crippen LogP contribution in [-0.4, -0.2) is 22.0 Å². The largest absolute Gasteiger partial charge is 0.491 e. The Balaban J connectivity index is 1.52. The van der Waals surface area contributed by atoms with E-state index in [4.69, 9.17) is 4.74 Å². The molecule has 28 heavy (non-hydrogen) atoms. The molecule has 4 aromatic rings. The molecule has 140 valence electrons. The maximum atomic E-state index is 12.5. The average Bonchev–Trinajstić information content (AvgIpc) is 3.10. The summed E-state index contributed by atoms with van der Waals surface area (Å²) in [6.07, 6.45) is 3.64. The summed E-state index contributed by atoms with van der Waals surface area (Å²) in [6, 6.07) is 17.1. The van der Waals surface area contributed by atoms with Gasteiger partial charge in [-0.25, -0.2) is 4.98 Å². The van der Waals surface area contributed by atoms with Crippen LogP contribution in [0.25, 0.3) is 21.3 Å². The van der Waals surface area contributed by atoms with Gasteiger partial charge in [-0.1, -0.05) is 17.4 Å². The van der Waals surface area contributed by atoms with Crippen LogP contribution < -0.4 is 10.1 Å². The van der Waals surface area contributed by atoms with Crippen LogP contribution in [0.5, 0.6) is 5.75 Å². The van der Waals surface area contributed by atoms with Gasteiger partial charge in [0.1, 0.15) is 5.75 Å². The fourth-order valence-corrected chi connectivity index (χ4v) is 3.73. The van der Waals surface area contributed by atoms with E-state index >= 15 is 0 Å². The molecule has 0 atom stereocenters. The second-order valence-corrected chi connectivity index (χ2v) is 7.61. The van der Waals surface area contributed by atoms with Crippen LogP contribution >= 0.6 is 11.3 Å².